The van der Waals surface area contributed by atoms with Crippen LogP contribution in [0.15, 0.2) is 48.5 Å². The fourth-order valence-corrected chi connectivity index (χ4v) is 2.71. The number of hydrazine groups is 1. The van der Waals surface area contributed by atoms with Crippen LogP contribution < -0.4 is 10.9 Å². The Hall–Kier alpha value is -2.40. The molecule has 2 N–H and O–H groups in total. The number of nitrogens with one attached hydrogen (secondary N) is 2. The van der Waals surface area contributed by atoms with Crippen LogP contribution in [-0.2, 0) is 10.2 Å². The van der Waals surface area contributed by atoms with Crippen LogP contribution in [0.2, 0.25) is 5.02 Å². The lowest BCUT2D eigenvalue weighted by molar-refractivity contribution is -0.124. The first-order chi connectivity index (χ1) is 11.0. The third kappa shape index (κ3) is 3.05. The summed E-state index contributed by atoms with van der Waals surface area (Å²) < 4.78 is 13.0. The van der Waals surface area contributed by atoms with Gasteiger partial charge in [-0.2, -0.15) is 0 Å². The van der Waals surface area contributed by atoms with Gasteiger partial charge in [0.1, 0.15) is 5.82 Å². The second kappa shape index (κ2) is 6.01. The van der Waals surface area contributed by atoms with Crippen LogP contribution in [0.4, 0.5) is 4.39 Å². The van der Waals surface area contributed by atoms with Crippen molar-refractivity contribution in [3.63, 3.8) is 0 Å². The zero-order valence-corrected chi connectivity index (χ0v) is 12.9. The summed E-state index contributed by atoms with van der Waals surface area (Å²) in [5, 5.41) is 0.305. The fraction of sp³-hybridized carbons (Fsp3) is 0.176. The van der Waals surface area contributed by atoms with Crippen molar-refractivity contribution < 1.29 is 14.0 Å². The molecular weight excluding hydrogens is 319 g/mol. The minimum Gasteiger partial charge on any atom is -0.272 e. The average Bonchev–Trinajstić information content (AvgIpc) is 3.35. The van der Waals surface area contributed by atoms with Gasteiger partial charge >= 0.3 is 0 Å². The van der Waals surface area contributed by atoms with Crippen LogP contribution in [0.1, 0.15) is 28.8 Å². The molecule has 2 amide bonds. The van der Waals surface area contributed by atoms with Gasteiger partial charge in [-0.05, 0) is 42.7 Å². The van der Waals surface area contributed by atoms with Crippen molar-refractivity contribution in [2.75, 3.05) is 0 Å². The largest absolute Gasteiger partial charge is 0.272 e. The van der Waals surface area contributed by atoms with Gasteiger partial charge in [0.2, 0.25) is 5.91 Å². The summed E-state index contributed by atoms with van der Waals surface area (Å²) in [6.45, 7) is 0. The van der Waals surface area contributed by atoms with E-state index < -0.39 is 11.3 Å². The van der Waals surface area contributed by atoms with Crippen molar-refractivity contribution in [2.24, 2.45) is 0 Å². The zero-order valence-electron chi connectivity index (χ0n) is 12.1. The molecule has 1 aliphatic rings. The maximum Gasteiger partial charge on any atom is 0.271 e. The first-order valence-corrected chi connectivity index (χ1v) is 7.52. The van der Waals surface area contributed by atoms with Gasteiger partial charge in [-0.15, -0.1) is 0 Å². The summed E-state index contributed by atoms with van der Waals surface area (Å²) >= 11 is 5.94. The zero-order chi connectivity index (χ0) is 16.4. The van der Waals surface area contributed by atoms with Gasteiger partial charge in [-0.1, -0.05) is 35.9 Å². The molecule has 0 bridgehead atoms. The summed E-state index contributed by atoms with van der Waals surface area (Å²) in [7, 11) is 0. The number of carbonyl (C=O) groups is 2. The molecule has 3 rings (SSSR count). The molecule has 118 valence electrons. The Morgan fingerprint density at radius 3 is 2.26 bits per heavy atom. The van der Waals surface area contributed by atoms with Crippen molar-refractivity contribution in [1.82, 2.24) is 10.9 Å². The Morgan fingerprint density at radius 2 is 1.65 bits per heavy atom. The minimum absolute atomic E-state index is 0.279. The Morgan fingerprint density at radius 1 is 1.00 bits per heavy atom. The molecule has 4 nitrogen and oxygen atoms in total. The number of hydrogen-bond donors (Lipinski definition) is 2. The number of hydrogen-bond acceptors (Lipinski definition) is 2. The molecule has 0 saturated heterocycles. The molecular formula is C17H14ClFN2O2. The van der Waals surface area contributed by atoms with Crippen molar-refractivity contribution >= 4 is 23.4 Å². The van der Waals surface area contributed by atoms with E-state index in [0.29, 0.717) is 17.9 Å². The smallest absolute Gasteiger partial charge is 0.271 e. The third-order valence-corrected chi connectivity index (χ3v) is 4.32. The van der Waals surface area contributed by atoms with Crippen LogP contribution >= 0.6 is 11.6 Å². The monoisotopic (exact) mass is 332 g/mol. The van der Waals surface area contributed by atoms with E-state index in [2.05, 4.69) is 10.9 Å². The van der Waals surface area contributed by atoms with Crippen LogP contribution in [0.3, 0.4) is 0 Å². The highest BCUT2D eigenvalue weighted by Crippen LogP contribution is 2.48. The van der Waals surface area contributed by atoms with Crippen molar-refractivity contribution in [1.29, 1.82) is 0 Å². The summed E-state index contributed by atoms with van der Waals surface area (Å²) in [5.41, 5.74) is 5.13. The van der Waals surface area contributed by atoms with E-state index in [1.54, 1.807) is 36.4 Å². The molecule has 2 aromatic rings. The number of benzene rings is 2. The van der Waals surface area contributed by atoms with Gasteiger partial charge in [0.25, 0.3) is 5.91 Å². The van der Waals surface area contributed by atoms with Crippen LogP contribution in [-0.4, -0.2) is 11.8 Å². The molecule has 0 aromatic heterocycles. The van der Waals surface area contributed by atoms with Crippen LogP contribution in [0.5, 0.6) is 0 Å². The van der Waals surface area contributed by atoms with Crippen LogP contribution in [0, 0.1) is 5.82 Å². The highest BCUT2D eigenvalue weighted by Gasteiger charge is 2.51. The van der Waals surface area contributed by atoms with Gasteiger partial charge in [0, 0.05) is 0 Å². The second-order valence-corrected chi connectivity index (χ2v) is 5.88. The highest BCUT2D eigenvalue weighted by atomic mass is 35.5. The summed E-state index contributed by atoms with van der Waals surface area (Å²) in [4.78, 5) is 24.4. The lowest BCUT2D eigenvalue weighted by atomic mass is 9.95. The Bertz CT molecular complexity index is 757. The van der Waals surface area contributed by atoms with Crippen molar-refractivity contribution in [3.05, 3.63) is 70.5 Å². The predicted octanol–water partition coefficient (Wildman–Crippen LogP) is 2.97. The van der Waals surface area contributed by atoms with E-state index in [1.165, 1.54) is 12.1 Å². The highest BCUT2D eigenvalue weighted by molar-refractivity contribution is 6.33. The number of amides is 2. The van der Waals surface area contributed by atoms with Gasteiger partial charge < -0.3 is 0 Å². The van der Waals surface area contributed by atoms with E-state index in [1.807, 2.05) is 0 Å². The molecule has 0 atom stereocenters. The molecule has 6 heteroatoms. The van der Waals surface area contributed by atoms with Gasteiger partial charge in [0.15, 0.2) is 0 Å². The average molecular weight is 333 g/mol. The molecule has 0 heterocycles. The summed E-state index contributed by atoms with van der Waals surface area (Å²) in [6, 6.07) is 12.4. The molecule has 0 radical (unpaired) electrons. The molecule has 0 aliphatic heterocycles. The van der Waals surface area contributed by atoms with E-state index in [4.69, 9.17) is 11.6 Å². The fourth-order valence-electron chi connectivity index (χ4n) is 2.49. The predicted molar refractivity (Wildman–Crippen MR) is 84.4 cm³/mol. The molecule has 1 fully saturated rings. The molecule has 0 spiro atoms. The number of halogens is 2. The topological polar surface area (TPSA) is 58.2 Å². The third-order valence-electron chi connectivity index (χ3n) is 3.99. The first kappa shape index (κ1) is 15.5. The lowest BCUT2D eigenvalue weighted by Crippen LogP contribution is -2.46. The molecule has 2 aromatic carbocycles. The van der Waals surface area contributed by atoms with E-state index in [0.717, 1.165) is 5.56 Å². The summed E-state index contributed by atoms with van der Waals surface area (Å²) in [5.74, 6) is -1.15. The number of rotatable bonds is 3. The molecule has 1 aliphatic carbocycles. The van der Waals surface area contributed by atoms with Gasteiger partial charge in [0.05, 0.1) is 16.0 Å². The first-order valence-electron chi connectivity index (χ1n) is 7.14. The molecule has 0 unspecified atom stereocenters. The van der Waals surface area contributed by atoms with E-state index in [9.17, 15) is 14.0 Å². The normalized spacial score (nSPS) is 14.9. The molecule has 23 heavy (non-hydrogen) atoms. The van der Waals surface area contributed by atoms with E-state index in [-0.39, 0.29) is 17.3 Å². The Kier molecular flexibility index (Phi) is 4.05. The minimum atomic E-state index is -0.693. The van der Waals surface area contributed by atoms with Gasteiger partial charge in [-0.25, -0.2) is 4.39 Å². The lowest BCUT2D eigenvalue weighted by Gasteiger charge is -2.16. The quantitative estimate of drug-likeness (QED) is 0.849. The SMILES string of the molecule is O=C(NNC(=O)C1(c2ccc(F)cc2)CC1)c1ccccc1Cl. The maximum atomic E-state index is 13.0. The Balaban J connectivity index is 1.67. The van der Waals surface area contributed by atoms with Crippen LogP contribution in [0.25, 0.3) is 0 Å². The standard InChI is InChI=1S/C17H14ClFN2O2/c18-14-4-2-1-3-13(14)15(22)20-21-16(23)17(9-10-17)11-5-7-12(19)8-6-11/h1-8H,9-10H2,(H,20,22)(H,21,23). The van der Waals surface area contributed by atoms with Crippen molar-refractivity contribution in [2.45, 2.75) is 18.3 Å². The molecule has 1 saturated carbocycles. The van der Waals surface area contributed by atoms with Crippen molar-refractivity contribution in [3.8, 4) is 0 Å². The number of carbonyl (C=O) groups excluding carboxylic acids is 2. The van der Waals surface area contributed by atoms with Gasteiger partial charge in [-0.3, -0.25) is 20.4 Å². The maximum absolute atomic E-state index is 13.0. The Labute approximate surface area is 137 Å². The summed E-state index contributed by atoms with van der Waals surface area (Å²) in [6.07, 6.45) is 1.32. The second-order valence-electron chi connectivity index (χ2n) is 5.48. The van der Waals surface area contributed by atoms with E-state index >= 15 is 0 Å².